The van der Waals surface area contributed by atoms with Gasteiger partial charge in [0.15, 0.2) is 0 Å². The zero-order valence-electron chi connectivity index (χ0n) is 4.44. The number of amides is 1. The molecule has 0 bridgehead atoms. The Kier molecular flexibility index (Phi) is 1.82. The third-order valence-corrected chi connectivity index (χ3v) is 0.855. The molecule has 0 aromatic heterocycles. The average molecular weight is 116 g/mol. The number of nitrogens with one attached hydrogen (secondary N) is 2. The number of hydrogen-bond donors (Lipinski definition) is 2. The Labute approximate surface area is 47.2 Å². The van der Waals surface area contributed by atoms with Crippen molar-refractivity contribution in [3.8, 4) is 0 Å². The van der Waals surface area contributed by atoms with E-state index in [9.17, 15) is 4.79 Å². The molecule has 1 fully saturated rings. The summed E-state index contributed by atoms with van der Waals surface area (Å²) in [7, 11) is 0. The van der Waals surface area contributed by atoms with Crippen molar-refractivity contribution in [2.45, 2.75) is 0 Å². The fourth-order valence-corrected chi connectivity index (χ4v) is 0.493. The lowest BCUT2D eigenvalue weighted by Gasteiger charge is -1.92. The van der Waals surface area contributed by atoms with Crippen LogP contribution in [-0.4, -0.2) is 25.6 Å². The number of hydrogen-bond acceptors (Lipinski definition) is 3. The van der Waals surface area contributed by atoms with Gasteiger partial charge in [-0.15, -0.1) is 0 Å². The molecule has 0 unspecified atom stereocenters. The van der Waals surface area contributed by atoms with Crippen LogP contribution in [-0.2, 0) is 9.63 Å². The highest BCUT2D eigenvalue weighted by Gasteiger charge is 2.03. The second-order valence-electron chi connectivity index (χ2n) is 1.53. The van der Waals surface area contributed by atoms with E-state index in [1.165, 1.54) is 0 Å². The van der Waals surface area contributed by atoms with Gasteiger partial charge in [-0.1, -0.05) is 0 Å². The van der Waals surface area contributed by atoms with Crippen LogP contribution in [0.5, 0.6) is 0 Å². The van der Waals surface area contributed by atoms with Gasteiger partial charge in [0.2, 0.25) is 5.91 Å². The van der Waals surface area contributed by atoms with E-state index in [2.05, 4.69) is 15.6 Å². The van der Waals surface area contributed by atoms with E-state index in [1.54, 1.807) is 0 Å². The molecule has 8 heavy (non-hydrogen) atoms. The number of carbonyl (C=O) groups is 1. The molecule has 1 amide bonds. The molecule has 4 nitrogen and oxygen atoms in total. The molecule has 1 saturated heterocycles. The summed E-state index contributed by atoms with van der Waals surface area (Å²) in [5.41, 5.74) is 2.59. The zero-order valence-corrected chi connectivity index (χ0v) is 4.44. The Hall–Kier alpha value is -0.610. The van der Waals surface area contributed by atoms with Gasteiger partial charge in [-0.25, -0.2) is 5.48 Å². The summed E-state index contributed by atoms with van der Waals surface area (Å²) in [5, 5.41) is 2.62. The molecule has 0 aliphatic carbocycles. The van der Waals surface area contributed by atoms with E-state index in [1.807, 2.05) is 0 Å². The van der Waals surface area contributed by atoms with Gasteiger partial charge in [-0.3, -0.25) is 9.63 Å². The maximum Gasteiger partial charge on any atom is 0.248 e. The third-order valence-electron chi connectivity index (χ3n) is 0.855. The molecule has 2 N–H and O–H groups in total. The predicted octanol–water partition coefficient (Wildman–Crippen LogP) is -1.36. The van der Waals surface area contributed by atoms with Crippen molar-refractivity contribution in [1.82, 2.24) is 10.8 Å². The van der Waals surface area contributed by atoms with Crippen LogP contribution in [0.1, 0.15) is 0 Å². The minimum absolute atomic E-state index is 0.0602. The van der Waals surface area contributed by atoms with Crippen LogP contribution < -0.4 is 10.8 Å². The summed E-state index contributed by atoms with van der Waals surface area (Å²) in [5.74, 6) is -0.0602. The van der Waals surface area contributed by atoms with Crippen LogP contribution in [0.25, 0.3) is 0 Å². The van der Waals surface area contributed by atoms with Crippen molar-refractivity contribution in [2.24, 2.45) is 0 Å². The van der Waals surface area contributed by atoms with Crippen molar-refractivity contribution in [3.05, 3.63) is 0 Å². The molecule has 0 aromatic carbocycles. The minimum atomic E-state index is -0.0602. The summed E-state index contributed by atoms with van der Waals surface area (Å²) in [4.78, 5) is 15.1. The van der Waals surface area contributed by atoms with Crippen LogP contribution in [0.15, 0.2) is 0 Å². The zero-order chi connectivity index (χ0) is 5.82. The van der Waals surface area contributed by atoms with Crippen molar-refractivity contribution in [3.63, 3.8) is 0 Å². The number of hydroxylamine groups is 1. The van der Waals surface area contributed by atoms with E-state index in [0.29, 0.717) is 13.1 Å². The third kappa shape index (κ3) is 1.48. The fraction of sp³-hybridized carbons (Fsp3) is 0.750. The Morgan fingerprint density at radius 2 is 2.38 bits per heavy atom. The maximum atomic E-state index is 10.4. The Morgan fingerprint density at radius 1 is 1.50 bits per heavy atom. The largest absolute Gasteiger partial charge is 0.353 e. The first-order chi connectivity index (χ1) is 3.89. The number of carbonyl (C=O) groups excluding carboxylic acids is 1. The van der Waals surface area contributed by atoms with Gasteiger partial charge in [0.1, 0.15) is 6.61 Å². The highest BCUT2D eigenvalue weighted by atomic mass is 16.6. The molecule has 1 heterocycles. The van der Waals surface area contributed by atoms with Crippen LogP contribution >= 0.6 is 0 Å². The SMILES string of the molecule is O=C1CONCCN1. The molecule has 1 rings (SSSR count). The topological polar surface area (TPSA) is 50.4 Å². The summed E-state index contributed by atoms with van der Waals surface area (Å²) in [6.07, 6.45) is 0. The van der Waals surface area contributed by atoms with Crippen LogP contribution in [0.4, 0.5) is 0 Å². The van der Waals surface area contributed by atoms with Gasteiger partial charge in [-0.2, -0.15) is 0 Å². The van der Waals surface area contributed by atoms with E-state index in [0.717, 1.165) is 0 Å². The van der Waals surface area contributed by atoms with Gasteiger partial charge in [0.05, 0.1) is 0 Å². The van der Waals surface area contributed by atoms with Gasteiger partial charge in [0, 0.05) is 13.1 Å². The van der Waals surface area contributed by atoms with Crippen molar-refractivity contribution in [2.75, 3.05) is 19.7 Å². The van der Waals surface area contributed by atoms with E-state index in [4.69, 9.17) is 0 Å². The van der Waals surface area contributed by atoms with Gasteiger partial charge in [0.25, 0.3) is 0 Å². The second-order valence-corrected chi connectivity index (χ2v) is 1.53. The molecule has 0 saturated carbocycles. The minimum Gasteiger partial charge on any atom is -0.353 e. The molecular formula is C4H8N2O2. The summed E-state index contributed by atoms with van der Waals surface area (Å²) in [6, 6.07) is 0. The summed E-state index contributed by atoms with van der Waals surface area (Å²) < 4.78 is 0. The highest BCUT2D eigenvalue weighted by molar-refractivity contribution is 5.77. The lowest BCUT2D eigenvalue weighted by molar-refractivity contribution is -0.126. The predicted molar refractivity (Wildman–Crippen MR) is 27.0 cm³/mol. The van der Waals surface area contributed by atoms with Gasteiger partial charge >= 0.3 is 0 Å². The molecule has 0 aromatic rings. The molecule has 0 atom stereocenters. The van der Waals surface area contributed by atoms with Gasteiger partial charge < -0.3 is 5.32 Å². The standard InChI is InChI=1S/C4H8N2O2/c7-4-3-8-6-2-1-5-4/h6H,1-3H2,(H,5,7). The number of rotatable bonds is 0. The normalized spacial score (nSPS) is 21.8. The fourth-order valence-electron chi connectivity index (χ4n) is 0.493. The smallest absolute Gasteiger partial charge is 0.248 e. The molecular weight excluding hydrogens is 108 g/mol. The lowest BCUT2D eigenvalue weighted by Crippen LogP contribution is -2.26. The Morgan fingerprint density at radius 3 is 3.25 bits per heavy atom. The Balaban J connectivity index is 2.27. The van der Waals surface area contributed by atoms with Crippen molar-refractivity contribution in [1.29, 1.82) is 0 Å². The molecule has 0 radical (unpaired) electrons. The van der Waals surface area contributed by atoms with Crippen LogP contribution in [0.2, 0.25) is 0 Å². The molecule has 46 valence electrons. The second kappa shape index (κ2) is 2.64. The molecule has 1 aliphatic heterocycles. The van der Waals surface area contributed by atoms with Crippen LogP contribution in [0.3, 0.4) is 0 Å². The van der Waals surface area contributed by atoms with Crippen LogP contribution in [0, 0.1) is 0 Å². The summed E-state index contributed by atoms with van der Waals surface area (Å²) in [6.45, 7) is 1.46. The van der Waals surface area contributed by atoms with Gasteiger partial charge in [-0.05, 0) is 0 Å². The maximum absolute atomic E-state index is 10.4. The lowest BCUT2D eigenvalue weighted by atomic mass is 10.6. The Bertz CT molecular complexity index is 84.0. The average Bonchev–Trinajstić information content (AvgIpc) is 1.94. The first-order valence-electron chi connectivity index (χ1n) is 2.51. The van der Waals surface area contributed by atoms with E-state index in [-0.39, 0.29) is 12.5 Å². The van der Waals surface area contributed by atoms with E-state index >= 15 is 0 Å². The molecule has 1 aliphatic rings. The summed E-state index contributed by atoms with van der Waals surface area (Å²) >= 11 is 0. The monoisotopic (exact) mass is 116 g/mol. The molecule has 4 heteroatoms. The van der Waals surface area contributed by atoms with Crippen molar-refractivity contribution < 1.29 is 9.63 Å². The first kappa shape index (κ1) is 5.53. The quantitative estimate of drug-likeness (QED) is 0.411. The molecule has 0 spiro atoms. The first-order valence-corrected chi connectivity index (χ1v) is 2.51. The van der Waals surface area contributed by atoms with E-state index < -0.39 is 0 Å². The highest BCUT2D eigenvalue weighted by Crippen LogP contribution is 1.73. The van der Waals surface area contributed by atoms with Crippen molar-refractivity contribution >= 4 is 5.91 Å².